The predicted molar refractivity (Wildman–Crippen MR) is 87.2 cm³/mol. The molecule has 0 saturated heterocycles. The Morgan fingerprint density at radius 1 is 1.04 bits per heavy atom. The van der Waals surface area contributed by atoms with Gasteiger partial charge in [0.1, 0.15) is 5.75 Å². The summed E-state index contributed by atoms with van der Waals surface area (Å²) in [6.07, 6.45) is 1.55. The minimum absolute atomic E-state index is 0.181. The summed E-state index contributed by atoms with van der Waals surface area (Å²) in [5, 5.41) is 11.8. The van der Waals surface area contributed by atoms with Gasteiger partial charge in [-0.25, -0.2) is 0 Å². The highest BCUT2D eigenvalue weighted by Crippen LogP contribution is 2.23. The van der Waals surface area contributed by atoms with Crippen molar-refractivity contribution < 1.29 is 14.6 Å². The average molecular weight is 311 g/mol. The van der Waals surface area contributed by atoms with Crippen LogP contribution < -0.4 is 4.74 Å². The second-order valence-corrected chi connectivity index (χ2v) is 4.88. The zero-order chi connectivity index (χ0) is 16.5. The molecule has 6 heteroatoms. The molecule has 2 aromatic rings. The molecular formula is C17H17N3O3. The van der Waals surface area contributed by atoms with E-state index in [0.717, 1.165) is 29.7 Å². The molecule has 0 aromatic heterocycles. The van der Waals surface area contributed by atoms with Crippen molar-refractivity contribution in [3.63, 3.8) is 0 Å². The summed E-state index contributed by atoms with van der Waals surface area (Å²) < 4.78 is 5.57. The van der Waals surface area contributed by atoms with Gasteiger partial charge < -0.3 is 9.84 Å². The van der Waals surface area contributed by atoms with Gasteiger partial charge in [-0.2, -0.15) is 0 Å². The number of amides is 1. The lowest BCUT2D eigenvalue weighted by molar-refractivity contribution is 0.100. The first-order valence-corrected chi connectivity index (χ1v) is 7.28. The van der Waals surface area contributed by atoms with E-state index in [1.165, 1.54) is 0 Å². The van der Waals surface area contributed by atoms with Gasteiger partial charge in [-0.05, 0) is 46.7 Å². The topological polar surface area (TPSA) is 95.3 Å². The van der Waals surface area contributed by atoms with Crippen molar-refractivity contribution in [3.8, 4) is 16.9 Å². The molecule has 2 rings (SSSR count). The number of hydrogen-bond donors (Lipinski definition) is 1. The van der Waals surface area contributed by atoms with Gasteiger partial charge in [0.2, 0.25) is 5.91 Å². The third kappa shape index (κ3) is 4.85. The van der Waals surface area contributed by atoms with Crippen LogP contribution in [0.3, 0.4) is 0 Å². The van der Waals surface area contributed by atoms with Crippen LogP contribution in [-0.4, -0.2) is 24.2 Å². The fourth-order valence-electron chi connectivity index (χ4n) is 2.05. The normalized spacial score (nSPS) is 9.96. The molecule has 0 aliphatic heterocycles. The van der Waals surface area contributed by atoms with E-state index < -0.39 is 5.91 Å². The summed E-state index contributed by atoms with van der Waals surface area (Å²) in [6, 6.07) is 14.5. The summed E-state index contributed by atoms with van der Waals surface area (Å²) in [5.74, 6) is 0.188. The molecule has 2 aromatic carbocycles. The van der Waals surface area contributed by atoms with Gasteiger partial charge in [0, 0.05) is 17.1 Å². The smallest absolute Gasteiger partial charge is 0.249 e. The first kappa shape index (κ1) is 16.5. The van der Waals surface area contributed by atoms with E-state index in [1.54, 1.807) is 24.3 Å². The molecule has 0 fully saturated rings. The fourth-order valence-corrected chi connectivity index (χ4v) is 2.05. The van der Waals surface area contributed by atoms with E-state index in [9.17, 15) is 4.79 Å². The van der Waals surface area contributed by atoms with Crippen molar-refractivity contribution in [1.29, 1.82) is 0 Å². The molecule has 0 bridgehead atoms. The lowest BCUT2D eigenvalue weighted by atomic mass is 10.0. The van der Waals surface area contributed by atoms with Crippen LogP contribution in [0.5, 0.6) is 5.75 Å². The Labute approximate surface area is 134 Å². The van der Waals surface area contributed by atoms with Crippen LogP contribution in [0.2, 0.25) is 0 Å². The Kier molecular flexibility index (Phi) is 6.17. The summed E-state index contributed by atoms with van der Waals surface area (Å²) in [6.45, 7) is 0.761. The Bertz CT molecular complexity index is 690. The van der Waals surface area contributed by atoms with Crippen LogP contribution in [0.4, 0.5) is 0 Å². The predicted octanol–water partition coefficient (Wildman–Crippen LogP) is 3.96. The zero-order valence-corrected chi connectivity index (χ0v) is 12.6. The fraction of sp³-hybridized carbons (Fsp3) is 0.235. The number of nitrogens with zero attached hydrogens (tertiary/aromatic N) is 3. The Morgan fingerprint density at radius 3 is 2.22 bits per heavy atom. The average Bonchev–Trinajstić information content (AvgIpc) is 2.60. The van der Waals surface area contributed by atoms with Crippen molar-refractivity contribution in [3.05, 3.63) is 64.5 Å². The Balaban J connectivity index is 2.01. The number of azide groups is 1. The molecule has 6 nitrogen and oxygen atoms in total. The van der Waals surface area contributed by atoms with E-state index >= 15 is 0 Å². The number of hydrogen-bond acceptors (Lipinski definition) is 3. The number of carbonyl (C=O) groups is 1. The largest absolute Gasteiger partial charge is 0.494 e. The second kappa shape index (κ2) is 8.58. The third-order valence-electron chi connectivity index (χ3n) is 3.28. The van der Waals surface area contributed by atoms with Gasteiger partial charge in [0.15, 0.2) is 0 Å². The molecular weight excluding hydrogens is 294 g/mol. The highest BCUT2D eigenvalue weighted by atomic mass is 16.5. The molecule has 0 unspecified atom stereocenters. The van der Waals surface area contributed by atoms with Gasteiger partial charge in [0.25, 0.3) is 0 Å². The highest BCUT2D eigenvalue weighted by Gasteiger charge is 2.04. The number of aliphatic hydroxyl groups is 1. The van der Waals surface area contributed by atoms with Crippen LogP contribution >= 0.6 is 0 Å². The molecule has 0 saturated carbocycles. The van der Waals surface area contributed by atoms with Crippen LogP contribution in [0, 0.1) is 0 Å². The molecule has 0 radical (unpaired) electrons. The van der Waals surface area contributed by atoms with Crippen LogP contribution in [0.15, 0.2) is 53.6 Å². The van der Waals surface area contributed by atoms with Gasteiger partial charge in [0.05, 0.1) is 6.61 Å². The molecule has 1 N–H and O–H groups in total. The summed E-state index contributed by atoms with van der Waals surface area (Å²) >= 11 is 0. The maximum absolute atomic E-state index is 11.4. The Hall–Kier alpha value is -2.82. The standard InChI is InChI=1S/C17H17N3O3/c18-20-19-17(22)15-5-3-13(4-6-15)14-7-9-16(10-8-14)23-12-2-1-11-21/h3-10,21H,1-2,11-12H2. The molecule has 0 heterocycles. The first-order valence-electron chi connectivity index (χ1n) is 7.28. The molecule has 0 aliphatic carbocycles. The van der Waals surface area contributed by atoms with Crippen LogP contribution in [-0.2, 0) is 0 Å². The van der Waals surface area contributed by atoms with Crippen molar-refractivity contribution in [1.82, 2.24) is 0 Å². The lowest BCUT2D eigenvalue weighted by Crippen LogP contribution is -1.98. The van der Waals surface area contributed by atoms with Crippen LogP contribution in [0.25, 0.3) is 21.6 Å². The summed E-state index contributed by atoms with van der Waals surface area (Å²) in [4.78, 5) is 13.9. The van der Waals surface area contributed by atoms with E-state index in [2.05, 4.69) is 10.0 Å². The molecule has 0 spiro atoms. The van der Waals surface area contributed by atoms with Gasteiger partial charge in [-0.15, -0.1) is 0 Å². The quantitative estimate of drug-likeness (QED) is 0.363. The molecule has 0 atom stereocenters. The SMILES string of the molecule is [N-]=[N+]=NC(=O)c1ccc(-c2ccc(OCCCCO)cc2)cc1. The van der Waals surface area contributed by atoms with E-state index in [1.807, 2.05) is 24.3 Å². The van der Waals surface area contributed by atoms with Crippen molar-refractivity contribution in [2.45, 2.75) is 12.8 Å². The van der Waals surface area contributed by atoms with E-state index in [0.29, 0.717) is 12.2 Å². The molecule has 118 valence electrons. The number of rotatable bonds is 7. The first-order chi connectivity index (χ1) is 11.2. The van der Waals surface area contributed by atoms with Crippen molar-refractivity contribution in [2.24, 2.45) is 5.11 Å². The Morgan fingerprint density at radius 2 is 1.65 bits per heavy atom. The minimum atomic E-state index is -0.592. The summed E-state index contributed by atoms with van der Waals surface area (Å²) in [5.41, 5.74) is 10.6. The number of ether oxygens (including phenoxy) is 1. The van der Waals surface area contributed by atoms with Crippen molar-refractivity contribution in [2.75, 3.05) is 13.2 Å². The minimum Gasteiger partial charge on any atom is -0.494 e. The molecule has 23 heavy (non-hydrogen) atoms. The zero-order valence-electron chi connectivity index (χ0n) is 12.6. The number of carbonyl (C=O) groups excluding carboxylic acids is 1. The maximum atomic E-state index is 11.4. The van der Waals surface area contributed by atoms with Gasteiger partial charge >= 0.3 is 0 Å². The number of benzene rings is 2. The van der Waals surface area contributed by atoms with Crippen molar-refractivity contribution >= 4 is 5.91 Å². The monoisotopic (exact) mass is 311 g/mol. The van der Waals surface area contributed by atoms with E-state index in [-0.39, 0.29) is 6.61 Å². The molecule has 1 amide bonds. The van der Waals surface area contributed by atoms with Crippen LogP contribution in [0.1, 0.15) is 23.2 Å². The number of aliphatic hydroxyl groups excluding tert-OH is 1. The summed E-state index contributed by atoms with van der Waals surface area (Å²) in [7, 11) is 0. The van der Waals surface area contributed by atoms with E-state index in [4.69, 9.17) is 15.4 Å². The van der Waals surface area contributed by atoms with Gasteiger partial charge in [-0.3, -0.25) is 4.79 Å². The van der Waals surface area contributed by atoms with Gasteiger partial charge in [-0.1, -0.05) is 36.4 Å². The number of unbranched alkanes of at least 4 members (excludes halogenated alkanes) is 1. The third-order valence-corrected chi connectivity index (χ3v) is 3.28. The second-order valence-electron chi connectivity index (χ2n) is 4.88. The maximum Gasteiger partial charge on any atom is 0.249 e. The molecule has 0 aliphatic rings. The lowest BCUT2D eigenvalue weighted by Gasteiger charge is -2.07. The highest BCUT2D eigenvalue weighted by molar-refractivity contribution is 5.95.